The van der Waals surface area contributed by atoms with Gasteiger partial charge in [-0.05, 0) is 24.6 Å². The van der Waals surface area contributed by atoms with Gasteiger partial charge in [0, 0.05) is 25.5 Å². The van der Waals surface area contributed by atoms with Crippen LogP contribution in [0, 0.1) is 0 Å². The lowest BCUT2D eigenvalue weighted by atomic mass is 10.1. The van der Waals surface area contributed by atoms with E-state index in [1.807, 2.05) is 36.1 Å². The molecule has 0 spiro atoms. The highest BCUT2D eigenvalue weighted by atomic mass is 16.5. The third kappa shape index (κ3) is 2.90. The molecule has 2 aromatic rings. The summed E-state index contributed by atoms with van der Waals surface area (Å²) in [5.41, 5.74) is 1.24. The van der Waals surface area contributed by atoms with Crippen molar-refractivity contribution in [2.24, 2.45) is 7.05 Å². The third-order valence-electron chi connectivity index (χ3n) is 3.10. The first-order chi connectivity index (χ1) is 8.70. The number of benzene rings is 1. The van der Waals surface area contributed by atoms with Crippen molar-refractivity contribution in [2.45, 2.75) is 19.5 Å². The summed E-state index contributed by atoms with van der Waals surface area (Å²) in [4.78, 5) is 4.29. The van der Waals surface area contributed by atoms with Crippen molar-refractivity contribution in [1.82, 2.24) is 14.9 Å². The Hall–Kier alpha value is -1.81. The molecule has 0 saturated heterocycles. The van der Waals surface area contributed by atoms with Crippen LogP contribution in [-0.2, 0) is 13.6 Å². The summed E-state index contributed by atoms with van der Waals surface area (Å²) in [6, 6.07) is 8.40. The highest BCUT2D eigenvalue weighted by Crippen LogP contribution is 2.17. The van der Waals surface area contributed by atoms with Crippen molar-refractivity contribution >= 4 is 0 Å². The van der Waals surface area contributed by atoms with Gasteiger partial charge in [0.15, 0.2) is 0 Å². The summed E-state index contributed by atoms with van der Waals surface area (Å²) < 4.78 is 7.17. The lowest BCUT2D eigenvalue weighted by molar-refractivity contribution is 0.414. The number of rotatable bonds is 5. The second-order valence-electron chi connectivity index (χ2n) is 4.33. The van der Waals surface area contributed by atoms with Crippen LogP contribution in [0.5, 0.6) is 5.75 Å². The summed E-state index contributed by atoms with van der Waals surface area (Å²) in [6.07, 6.45) is 3.77. The van der Waals surface area contributed by atoms with Crippen LogP contribution >= 0.6 is 0 Å². The van der Waals surface area contributed by atoms with Crippen LogP contribution in [0.25, 0.3) is 0 Å². The third-order valence-corrected chi connectivity index (χ3v) is 3.10. The summed E-state index contributed by atoms with van der Waals surface area (Å²) in [5, 5.41) is 3.46. The van der Waals surface area contributed by atoms with E-state index < -0.39 is 0 Å². The molecule has 4 nitrogen and oxygen atoms in total. The second-order valence-corrected chi connectivity index (χ2v) is 4.33. The molecular formula is C14H19N3O. The van der Waals surface area contributed by atoms with Crippen molar-refractivity contribution < 1.29 is 4.74 Å². The predicted molar refractivity (Wildman–Crippen MR) is 71.5 cm³/mol. The fraction of sp³-hybridized carbons (Fsp3) is 0.357. The average molecular weight is 245 g/mol. The molecule has 1 atom stereocenters. The van der Waals surface area contributed by atoms with Crippen LogP contribution in [0.3, 0.4) is 0 Å². The lowest BCUT2D eigenvalue weighted by Crippen LogP contribution is -2.20. The van der Waals surface area contributed by atoms with Crippen LogP contribution in [0.1, 0.15) is 24.4 Å². The topological polar surface area (TPSA) is 39.1 Å². The summed E-state index contributed by atoms with van der Waals surface area (Å²) in [7, 11) is 3.68. The molecule has 0 aliphatic carbocycles. The Balaban J connectivity index is 1.94. The van der Waals surface area contributed by atoms with Gasteiger partial charge in [-0.3, -0.25) is 0 Å². The van der Waals surface area contributed by atoms with Gasteiger partial charge < -0.3 is 14.6 Å². The van der Waals surface area contributed by atoms with Crippen LogP contribution in [-0.4, -0.2) is 16.7 Å². The van der Waals surface area contributed by atoms with Crippen LogP contribution in [0.15, 0.2) is 36.7 Å². The van der Waals surface area contributed by atoms with Gasteiger partial charge >= 0.3 is 0 Å². The quantitative estimate of drug-likeness (QED) is 0.878. The summed E-state index contributed by atoms with van der Waals surface area (Å²) >= 11 is 0. The largest absolute Gasteiger partial charge is 0.497 e. The Morgan fingerprint density at radius 1 is 1.33 bits per heavy atom. The number of hydrogen-bond donors (Lipinski definition) is 1. The molecule has 0 aliphatic heterocycles. The number of imidazole rings is 1. The molecule has 0 amide bonds. The molecule has 2 rings (SSSR count). The van der Waals surface area contributed by atoms with E-state index in [9.17, 15) is 0 Å². The minimum absolute atomic E-state index is 0.285. The van der Waals surface area contributed by atoms with Gasteiger partial charge in [-0.2, -0.15) is 0 Å². The van der Waals surface area contributed by atoms with Crippen LogP contribution < -0.4 is 10.1 Å². The molecule has 1 heterocycles. The van der Waals surface area contributed by atoms with Crippen molar-refractivity contribution in [1.29, 1.82) is 0 Å². The molecule has 1 aromatic carbocycles. The number of methoxy groups -OCH3 is 1. The number of hydrogen-bond acceptors (Lipinski definition) is 3. The van der Waals surface area contributed by atoms with Gasteiger partial charge in [0.1, 0.15) is 11.6 Å². The smallest absolute Gasteiger partial charge is 0.122 e. The summed E-state index contributed by atoms with van der Waals surface area (Å²) in [6.45, 7) is 2.90. The van der Waals surface area contributed by atoms with E-state index in [4.69, 9.17) is 4.74 Å². The normalized spacial score (nSPS) is 12.4. The average Bonchev–Trinajstić information content (AvgIpc) is 2.81. The Bertz CT molecular complexity index is 490. The minimum Gasteiger partial charge on any atom is -0.497 e. The fourth-order valence-electron chi connectivity index (χ4n) is 1.82. The Morgan fingerprint density at radius 2 is 2.06 bits per heavy atom. The minimum atomic E-state index is 0.285. The monoisotopic (exact) mass is 245 g/mol. The van der Waals surface area contributed by atoms with Gasteiger partial charge in [0.2, 0.25) is 0 Å². The number of nitrogens with one attached hydrogen (secondary N) is 1. The molecule has 18 heavy (non-hydrogen) atoms. The van der Waals surface area contributed by atoms with E-state index in [0.29, 0.717) is 0 Å². The first-order valence-corrected chi connectivity index (χ1v) is 6.04. The fourth-order valence-corrected chi connectivity index (χ4v) is 1.82. The highest BCUT2D eigenvalue weighted by Gasteiger charge is 2.06. The van der Waals surface area contributed by atoms with Crippen molar-refractivity contribution in [2.75, 3.05) is 7.11 Å². The molecule has 1 N–H and O–H groups in total. The van der Waals surface area contributed by atoms with Gasteiger partial charge in [-0.15, -0.1) is 0 Å². The molecule has 0 radical (unpaired) electrons. The molecule has 1 aromatic heterocycles. The maximum Gasteiger partial charge on any atom is 0.122 e. The van der Waals surface area contributed by atoms with E-state index in [-0.39, 0.29) is 6.04 Å². The Morgan fingerprint density at radius 3 is 2.61 bits per heavy atom. The highest BCUT2D eigenvalue weighted by molar-refractivity contribution is 5.28. The first-order valence-electron chi connectivity index (χ1n) is 6.04. The first kappa shape index (κ1) is 12.6. The van der Waals surface area contributed by atoms with Crippen molar-refractivity contribution in [3.05, 3.63) is 48.0 Å². The molecule has 1 unspecified atom stereocenters. The second kappa shape index (κ2) is 5.69. The summed E-state index contributed by atoms with van der Waals surface area (Å²) in [5.74, 6) is 1.92. The SMILES string of the molecule is COc1ccc(C(C)NCc2nccn2C)cc1. The predicted octanol–water partition coefficient (Wildman–Crippen LogP) is 2.28. The van der Waals surface area contributed by atoms with Crippen molar-refractivity contribution in [3.8, 4) is 5.75 Å². The Labute approximate surface area is 108 Å². The molecule has 4 heteroatoms. The number of aryl methyl sites for hydroxylation is 1. The van der Waals surface area contributed by atoms with E-state index in [1.54, 1.807) is 7.11 Å². The van der Waals surface area contributed by atoms with Gasteiger partial charge in [-0.25, -0.2) is 4.98 Å². The van der Waals surface area contributed by atoms with Gasteiger partial charge in [-0.1, -0.05) is 12.1 Å². The van der Waals surface area contributed by atoms with Crippen LogP contribution in [0.2, 0.25) is 0 Å². The van der Waals surface area contributed by atoms with Gasteiger partial charge in [0.25, 0.3) is 0 Å². The number of nitrogens with zero attached hydrogens (tertiary/aromatic N) is 2. The zero-order valence-electron chi connectivity index (χ0n) is 11.1. The standard InChI is InChI=1S/C14H19N3O/c1-11(12-4-6-13(18-3)7-5-12)16-10-14-15-8-9-17(14)2/h4-9,11,16H,10H2,1-3H3. The zero-order chi connectivity index (χ0) is 13.0. The van der Waals surface area contributed by atoms with Crippen LogP contribution in [0.4, 0.5) is 0 Å². The molecule has 0 aliphatic rings. The van der Waals surface area contributed by atoms with E-state index in [0.717, 1.165) is 18.1 Å². The molecule has 0 saturated carbocycles. The molecular weight excluding hydrogens is 226 g/mol. The molecule has 0 bridgehead atoms. The maximum atomic E-state index is 5.15. The van der Waals surface area contributed by atoms with Gasteiger partial charge in [0.05, 0.1) is 13.7 Å². The van der Waals surface area contributed by atoms with E-state index in [1.165, 1.54) is 5.56 Å². The van der Waals surface area contributed by atoms with E-state index >= 15 is 0 Å². The molecule has 0 fully saturated rings. The lowest BCUT2D eigenvalue weighted by Gasteiger charge is -2.14. The molecule has 96 valence electrons. The maximum absolute atomic E-state index is 5.15. The Kier molecular flexibility index (Phi) is 3.99. The van der Waals surface area contributed by atoms with E-state index in [2.05, 4.69) is 29.4 Å². The number of ether oxygens (including phenoxy) is 1. The zero-order valence-corrected chi connectivity index (χ0v) is 11.1. The van der Waals surface area contributed by atoms with Crippen molar-refractivity contribution in [3.63, 3.8) is 0 Å². The number of aromatic nitrogens is 2.